The molecule has 0 saturated heterocycles. The number of carbonyl (C=O) groups is 2. The lowest BCUT2D eigenvalue weighted by Gasteiger charge is -2.36. The van der Waals surface area contributed by atoms with Crippen molar-refractivity contribution in [1.29, 1.82) is 0 Å². The van der Waals surface area contributed by atoms with Crippen LogP contribution in [0.25, 0.3) is 5.57 Å². The van der Waals surface area contributed by atoms with Gasteiger partial charge in [0.05, 0.1) is 13.2 Å². The Morgan fingerprint density at radius 3 is 2.32 bits per heavy atom. The molecule has 8 nitrogen and oxygen atoms in total. The van der Waals surface area contributed by atoms with Crippen LogP contribution >= 0.6 is 0 Å². The third kappa shape index (κ3) is 10.3. The van der Waals surface area contributed by atoms with Crippen molar-refractivity contribution >= 4 is 29.5 Å². The fourth-order valence-electron chi connectivity index (χ4n) is 7.03. The predicted molar refractivity (Wildman–Crippen MR) is 194 cm³/mol. The monoisotopic (exact) mass is 646 g/mol. The number of carbonyl (C=O) groups excluding carboxylic acids is 2. The summed E-state index contributed by atoms with van der Waals surface area (Å²) in [5, 5.41) is 2.91. The highest BCUT2D eigenvalue weighted by Crippen LogP contribution is 2.39. The minimum Gasteiger partial charge on any atom is -0.496 e. The van der Waals surface area contributed by atoms with E-state index in [1.54, 1.807) is 13.3 Å². The van der Waals surface area contributed by atoms with Gasteiger partial charge in [0.2, 0.25) is 5.91 Å². The van der Waals surface area contributed by atoms with Gasteiger partial charge in [0.1, 0.15) is 5.75 Å². The number of nitrogens with one attached hydrogen (secondary N) is 1. The third-order valence-corrected chi connectivity index (χ3v) is 9.70. The molecule has 47 heavy (non-hydrogen) atoms. The van der Waals surface area contributed by atoms with E-state index < -0.39 is 0 Å². The number of methoxy groups -OCH3 is 1. The number of anilines is 1. The summed E-state index contributed by atoms with van der Waals surface area (Å²) in [7, 11) is 1.72. The Morgan fingerprint density at radius 1 is 1.00 bits per heavy atom. The first-order valence-corrected chi connectivity index (χ1v) is 17.5. The lowest BCUT2D eigenvalue weighted by Crippen LogP contribution is -2.42. The van der Waals surface area contributed by atoms with E-state index in [4.69, 9.17) is 15.2 Å². The summed E-state index contributed by atoms with van der Waals surface area (Å²) >= 11 is 0. The van der Waals surface area contributed by atoms with Crippen molar-refractivity contribution in [3.05, 3.63) is 65.4 Å². The number of nitrogens with zero attached hydrogens (tertiary/aromatic N) is 2. The number of aliphatic imine (C=N–C) groups is 1. The van der Waals surface area contributed by atoms with Crippen LogP contribution in [0.15, 0.2) is 53.7 Å². The Hall–Kier alpha value is -3.81. The zero-order chi connectivity index (χ0) is 33.9. The summed E-state index contributed by atoms with van der Waals surface area (Å²) in [6.45, 7) is 11.2. The molecular formula is C39H58N4O4. The number of amides is 2. The van der Waals surface area contributed by atoms with Crippen LogP contribution in [0.3, 0.4) is 0 Å². The van der Waals surface area contributed by atoms with E-state index in [0.717, 1.165) is 73.9 Å². The van der Waals surface area contributed by atoms with Crippen molar-refractivity contribution in [2.24, 2.45) is 28.5 Å². The van der Waals surface area contributed by atoms with Gasteiger partial charge in [-0.2, -0.15) is 0 Å². The molecule has 0 radical (unpaired) electrons. The molecular weight excluding hydrogens is 588 g/mol. The van der Waals surface area contributed by atoms with Gasteiger partial charge in [-0.1, -0.05) is 24.3 Å². The first kappa shape index (κ1) is 36.0. The van der Waals surface area contributed by atoms with Gasteiger partial charge in [-0.15, -0.1) is 0 Å². The number of ether oxygens (including phenoxy) is 2. The maximum Gasteiger partial charge on any atom is 0.407 e. The molecule has 2 aliphatic rings. The number of allylic oxidation sites excluding steroid dienone is 1. The first-order valence-electron chi connectivity index (χ1n) is 17.5. The van der Waals surface area contributed by atoms with Crippen molar-refractivity contribution in [2.75, 3.05) is 25.1 Å². The van der Waals surface area contributed by atoms with E-state index >= 15 is 0 Å². The molecule has 0 bridgehead atoms. The number of aryl methyl sites for hydroxylation is 1. The van der Waals surface area contributed by atoms with E-state index in [2.05, 4.69) is 52.5 Å². The average molecular weight is 647 g/mol. The fraction of sp³-hybridized carbons (Fsp3) is 0.564. The van der Waals surface area contributed by atoms with Gasteiger partial charge in [0, 0.05) is 50.2 Å². The molecule has 0 atom stereocenters. The maximum absolute atomic E-state index is 14.4. The molecule has 2 aromatic carbocycles. The second-order valence-electron chi connectivity index (χ2n) is 14.0. The molecule has 0 unspecified atom stereocenters. The molecule has 3 N–H and O–H groups in total. The largest absolute Gasteiger partial charge is 0.496 e. The first-order chi connectivity index (χ1) is 22.6. The van der Waals surface area contributed by atoms with Crippen LogP contribution in [0.5, 0.6) is 5.75 Å². The van der Waals surface area contributed by atoms with Gasteiger partial charge in [-0.05, 0) is 139 Å². The van der Waals surface area contributed by atoms with Gasteiger partial charge in [-0.3, -0.25) is 9.79 Å². The Kier molecular flexibility index (Phi) is 13.3. The van der Waals surface area contributed by atoms with Crippen LogP contribution in [0.2, 0.25) is 0 Å². The van der Waals surface area contributed by atoms with Crippen molar-refractivity contribution in [2.45, 2.75) is 104 Å². The van der Waals surface area contributed by atoms with E-state index in [-0.39, 0.29) is 31.5 Å². The number of rotatable bonds is 12. The Balaban J connectivity index is 0.00000625. The van der Waals surface area contributed by atoms with Gasteiger partial charge >= 0.3 is 6.09 Å². The van der Waals surface area contributed by atoms with Crippen LogP contribution in [0.4, 0.5) is 10.5 Å². The van der Waals surface area contributed by atoms with Crippen molar-refractivity contribution in [3.8, 4) is 5.75 Å². The van der Waals surface area contributed by atoms with Gasteiger partial charge in [0.15, 0.2) is 0 Å². The molecule has 0 spiro atoms. The predicted octanol–water partition coefficient (Wildman–Crippen LogP) is 8.28. The average Bonchev–Trinajstić information content (AvgIpc) is 3.06. The number of hydrogen-bond acceptors (Lipinski definition) is 6. The van der Waals surface area contributed by atoms with Gasteiger partial charge < -0.3 is 25.4 Å². The van der Waals surface area contributed by atoms with E-state index in [1.165, 1.54) is 11.1 Å². The van der Waals surface area contributed by atoms with Crippen LogP contribution in [0.1, 0.15) is 103 Å². The van der Waals surface area contributed by atoms with Crippen LogP contribution in [-0.2, 0) is 9.53 Å². The Bertz CT molecular complexity index is 1390. The van der Waals surface area contributed by atoms with Crippen LogP contribution < -0.4 is 20.7 Å². The molecule has 4 rings (SSSR count). The highest BCUT2D eigenvalue weighted by Gasteiger charge is 2.33. The quantitative estimate of drug-likeness (QED) is 0.226. The molecule has 0 aliphatic heterocycles. The molecule has 2 amide bonds. The summed E-state index contributed by atoms with van der Waals surface area (Å²) in [4.78, 5) is 33.0. The summed E-state index contributed by atoms with van der Waals surface area (Å²) in [6, 6.07) is 14.9. The fourth-order valence-corrected chi connectivity index (χ4v) is 7.03. The summed E-state index contributed by atoms with van der Waals surface area (Å²) < 4.78 is 10.7. The molecule has 2 aromatic rings. The zero-order valence-electron chi connectivity index (χ0n) is 29.3. The van der Waals surface area contributed by atoms with Crippen LogP contribution in [0, 0.1) is 24.7 Å². The normalized spacial score (nSPS) is 22.0. The van der Waals surface area contributed by atoms with E-state index in [0.29, 0.717) is 30.8 Å². The topological polar surface area (TPSA) is 106 Å². The van der Waals surface area contributed by atoms with Crippen molar-refractivity contribution < 1.29 is 20.5 Å². The number of hydrogen-bond donors (Lipinski definition) is 2. The highest BCUT2D eigenvalue weighted by molar-refractivity contribution is 6.10. The summed E-state index contributed by atoms with van der Waals surface area (Å²) in [5.41, 5.74) is 11.3. The zero-order valence-corrected chi connectivity index (χ0v) is 29.3. The van der Waals surface area contributed by atoms with E-state index in [1.807, 2.05) is 46.0 Å². The Morgan fingerprint density at radius 2 is 1.70 bits per heavy atom. The standard InChI is InChI=1S/C39H56N4O4.H2/c1-26(2)41-24-35(22-40)33-8-7-9-36(21-33)43(38(44)32-16-10-29(11-17-32)23-42-39(45)47-27(3)4)25-30-12-14-31(15-13-30)34-18-19-37(46-6)28(5)20-34;/h7-9,18-22,24,26-27,29-32H,10-17,23,25,40H2,1-6H3,(H,42,45);1H/b35-22+,41-24?;. The summed E-state index contributed by atoms with van der Waals surface area (Å²) in [6.07, 6.45) is 10.7. The summed E-state index contributed by atoms with van der Waals surface area (Å²) in [5.74, 6) is 2.41. The molecule has 8 heteroatoms. The minimum absolute atomic E-state index is 0. The highest BCUT2D eigenvalue weighted by atomic mass is 16.6. The number of benzene rings is 2. The smallest absolute Gasteiger partial charge is 0.407 e. The van der Waals surface area contributed by atoms with Gasteiger partial charge in [-0.25, -0.2) is 4.79 Å². The molecule has 258 valence electrons. The van der Waals surface area contributed by atoms with Gasteiger partial charge in [0.25, 0.3) is 0 Å². The third-order valence-electron chi connectivity index (χ3n) is 9.70. The molecule has 2 saturated carbocycles. The number of alkyl carbamates (subject to hydrolysis) is 1. The van der Waals surface area contributed by atoms with Crippen molar-refractivity contribution in [3.63, 3.8) is 0 Å². The molecule has 2 fully saturated rings. The molecule has 2 aliphatic carbocycles. The lowest BCUT2D eigenvalue weighted by atomic mass is 9.77. The van der Waals surface area contributed by atoms with Crippen molar-refractivity contribution in [1.82, 2.24) is 5.32 Å². The molecule has 0 aromatic heterocycles. The lowest BCUT2D eigenvalue weighted by molar-refractivity contribution is -0.123. The van der Waals surface area contributed by atoms with E-state index in [9.17, 15) is 9.59 Å². The second-order valence-corrected chi connectivity index (χ2v) is 14.0. The van der Waals surface area contributed by atoms with Crippen LogP contribution in [-0.4, -0.2) is 50.6 Å². The Labute approximate surface area is 283 Å². The molecule has 0 heterocycles. The SMILES string of the molecule is COc1ccc(C2CCC(CN(C(=O)C3CCC(CNC(=O)OC(C)C)CC3)c3cccc(/C(C=NC(C)C)=C/N)c3)CC2)cc1C.[HH]. The maximum atomic E-state index is 14.4. The second kappa shape index (κ2) is 17.4. The minimum atomic E-state index is -0.370. The number of nitrogens with two attached hydrogens (primary N) is 1.